The molecule has 2 saturated heterocycles. The summed E-state index contributed by atoms with van der Waals surface area (Å²) < 4.78 is 5.79. The number of aromatic nitrogens is 2. The fourth-order valence-corrected chi connectivity index (χ4v) is 3.93. The maximum Gasteiger partial charge on any atom is 0.300 e. The highest BCUT2D eigenvalue weighted by molar-refractivity contribution is 5.79. The lowest BCUT2D eigenvalue weighted by molar-refractivity contribution is -0.136. The van der Waals surface area contributed by atoms with Crippen LogP contribution in [0.2, 0.25) is 0 Å². The number of piperazine rings is 1. The molecule has 4 rings (SSSR count). The van der Waals surface area contributed by atoms with Crippen molar-refractivity contribution in [2.75, 3.05) is 50.7 Å². The van der Waals surface area contributed by atoms with Crippen LogP contribution in [0.15, 0.2) is 22.7 Å². The molecule has 2 aromatic heterocycles. The molecule has 7 nitrogen and oxygen atoms in total. The molecule has 0 aromatic carbocycles. The van der Waals surface area contributed by atoms with E-state index in [1.807, 2.05) is 17.0 Å². The number of oxazole rings is 1. The third-order valence-electron chi connectivity index (χ3n) is 5.42. The third kappa shape index (κ3) is 3.67. The van der Waals surface area contributed by atoms with E-state index in [0.717, 1.165) is 45.8 Å². The molecule has 7 heteroatoms. The topological polar surface area (TPSA) is 65.7 Å². The summed E-state index contributed by atoms with van der Waals surface area (Å²) in [5.74, 6) is 0.336. The number of fused-ring (bicyclic) bond motifs is 1. The molecule has 2 aromatic rings. The zero-order chi connectivity index (χ0) is 17.9. The first-order valence-electron chi connectivity index (χ1n) is 9.68. The number of anilines is 1. The van der Waals surface area contributed by atoms with Crippen LogP contribution in [-0.4, -0.2) is 71.5 Å². The zero-order valence-electron chi connectivity index (χ0n) is 15.4. The van der Waals surface area contributed by atoms with E-state index in [0.29, 0.717) is 17.2 Å². The van der Waals surface area contributed by atoms with Gasteiger partial charge in [0, 0.05) is 44.8 Å². The van der Waals surface area contributed by atoms with E-state index in [1.165, 1.54) is 19.3 Å². The Morgan fingerprint density at radius 3 is 2.65 bits per heavy atom. The van der Waals surface area contributed by atoms with E-state index in [-0.39, 0.29) is 11.8 Å². The molecule has 0 radical (unpaired) electrons. The van der Waals surface area contributed by atoms with Crippen LogP contribution in [0.3, 0.4) is 0 Å². The van der Waals surface area contributed by atoms with Crippen molar-refractivity contribution in [3.8, 4) is 0 Å². The molecule has 0 saturated carbocycles. The van der Waals surface area contributed by atoms with Crippen LogP contribution >= 0.6 is 0 Å². The third-order valence-corrected chi connectivity index (χ3v) is 5.42. The maximum absolute atomic E-state index is 12.8. The highest BCUT2D eigenvalue weighted by Crippen LogP contribution is 2.22. The summed E-state index contributed by atoms with van der Waals surface area (Å²) in [6.45, 7) is 8.15. The summed E-state index contributed by atoms with van der Waals surface area (Å²) in [4.78, 5) is 28.0. The van der Waals surface area contributed by atoms with Gasteiger partial charge in [0.05, 0.1) is 0 Å². The van der Waals surface area contributed by atoms with Crippen LogP contribution in [0, 0.1) is 5.92 Å². The quantitative estimate of drug-likeness (QED) is 0.834. The van der Waals surface area contributed by atoms with E-state index in [1.54, 1.807) is 6.20 Å². The monoisotopic (exact) mass is 357 g/mol. The lowest BCUT2D eigenvalue weighted by Crippen LogP contribution is -2.51. The van der Waals surface area contributed by atoms with Crippen molar-refractivity contribution in [1.29, 1.82) is 0 Å². The molecule has 0 spiro atoms. The fraction of sp³-hybridized carbons (Fsp3) is 0.632. The number of carbonyl (C=O) groups is 1. The Bertz CT molecular complexity index is 714. The summed E-state index contributed by atoms with van der Waals surface area (Å²) >= 11 is 0. The minimum Gasteiger partial charge on any atom is -0.422 e. The molecule has 2 aliphatic heterocycles. The van der Waals surface area contributed by atoms with Gasteiger partial charge in [-0.05, 0) is 38.1 Å². The molecule has 2 aliphatic rings. The van der Waals surface area contributed by atoms with Crippen LogP contribution in [-0.2, 0) is 4.79 Å². The Morgan fingerprint density at radius 1 is 1.15 bits per heavy atom. The summed E-state index contributed by atoms with van der Waals surface area (Å²) in [7, 11) is 0. The minimum atomic E-state index is 0.0631. The maximum atomic E-state index is 12.8. The second-order valence-electron chi connectivity index (χ2n) is 7.40. The number of pyridine rings is 1. The number of likely N-dealkylation sites (tertiary alicyclic amines) is 1. The predicted molar refractivity (Wildman–Crippen MR) is 100 cm³/mol. The van der Waals surface area contributed by atoms with Crippen molar-refractivity contribution in [3.63, 3.8) is 0 Å². The Kier molecular flexibility index (Phi) is 5.06. The van der Waals surface area contributed by atoms with Gasteiger partial charge in [-0.1, -0.05) is 13.3 Å². The van der Waals surface area contributed by atoms with Crippen LogP contribution < -0.4 is 4.90 Å². The molecule has 1 unspecified atom stereocenters. The second-order valence-corrected chi connectivity index (χ2v) is 7.40. The molecule has 1 amide bonds. The number of rotatable bonds is 4. The summed E-state index contributed by atoms with van der Waals surface area (Å²) in [5, 5.41) is 0. The lowest BCUT2D eigenvalue weighted by Gasteiger charge is -2.36. The molecule has 4 heterocycles. The van der Waals surface area contributed by atoms with Gasteiger partial charge < -0.3 is 19.1 Å². The van der Waals surface area contributed by atoms with Crippen LogP contribution in [0.4, 0.5) is 6.01 Å². The number of nitrogens with zero attached hydrogens (tertiary/aromatic N) is 5. The molecule has 0 N–H and O–H groups in total. The highest BCUT2D eigenvalue weighted by Gasteiger charge is 2.28. The van der Waals surface area contributed by atoms with Gasteiger partial charge in [0.15, 0.2) is 5.58 Å². The molecule has 140 valence electrons. The average molecular weight is 357 g/mol. The normalized spacial score (nSPS) is 20.5. The Balaban J connectivity index is 1.31. The first kappa shape index (κ1) is 17.3. The molecular formula is C19H27N5O2. The first-order chi connectivity index (χ1) is 12.7. The number of amides is 1. The van der Waals surface area contributed by atoms with Crippen LogP contribution in [0.5, 0.6) is 0 Å². The Hall–Kier alpha value is -2.15. The highest BCUT2D eigenvalue weighted by atomic mass is 16.4. The molecule has 0 bridgehead atoms. The van der Waals surface area contributed by atoms with Gasteiger partial charge >= 0.3 is 0 Å². The van der Waals surface area contributed by atoms with E-state index >= 15 is 0 Å². The van der Waals surface area contributed by atoms with Crippen molar-refractivity contribution in [2.24, 2.45) is 5.92 Å². The van der Waals surface area contributed by atoms with Crippen molar-refractivity contribution >= 4 is 23.2 Å². The van der Waals surface area contributed by atoms with E-state index in [2.05, 4.69) is 26.7 Å². The second kappa shape index (κ2) is 7.61. The van der Waals surface area contributed by atoms with Gasteiger partial charge in [0.1, 0.15) is 0 Å². The van der Waals surface area contributed by atoms with Crippen molar-refractivity contribution in [3.05, 3.63) is 18.3 Å². The average Bonchev–Trinajstić information content (AvgIpc) is 3.12. The first-order valence-corrected chi connectivity index (χ1v) is 9.68. The molecule has 1 atom stereocenters. The van der Waals surface area contributed by atoms with Gasteiger partial charge in [-0.15, -0.1) is 0 Å². The Labute approximate surface area is 154 Å². The number of piperidine rings is 1. The molecule has 2 fully saturated rings. The van der Waals surface area contributed by atoms with Gasteiger partial charge in [-0.25, -0.2) is 4.98 Å². The van der Waals surface area contributed by atoms with Gasteiger partial charge in [-0.2, -0.15) is 4.98 Å². The predicted octanol–water partition coefficient (Wildman–Crippen LogP) is 1.99. The standard InChI is InChI=1S/C19H27N5O2/c1-15(14-22-8-3-2-4-9-22)18(25)23-10-12-24(13-11-23)19-21-17-16(26-19)6-5-7-20-17/h5-7,15H,2-4,8-14H2,1H3. The van der Waals surface area contributed by atoms with Gasteiger partial charge in [0.2, 0.25) is 11.6 Å². The SMILES string of the molecule is CC(CN1CCCCC1)C(=O)N1CCN(c2nc3ncccc3o2)CC1. The minimum absolute atomic E-state index is 0.0631. The van der Waals surface area contributed by atoms with E-state index in [4.69, 9.17) is 4.42 Å². The summed E-state index contributed by atoms with van der Waals surface area (Å²) in [5.41, 5.74) is 1.34. The molecule has 26 heavy (non-hydrogen) atoms. The van der Waals surface area contributed by atoms with Crippen LogP contribution in [0.25, 0.3) is 11.2 Å². The van der Waals surface area contributed by atoms with Gasteiger partial charge in [0.25, 0.3) is 6.01 Å². The molecular weight excluding hydrogens is 330 g/mol. The lowest BCUT2D eigenvalue weighted by atomic mass is 10.1. The van der Waals surface area contributed by atoms with Crippen molar-refractivity contribution in [2.45, 2.75) is 26.2 Å². The van der Waals surface area contributed by atoms with Crippen LogP contribution in [0.1, 0.15) is 26.2 Å². The zero-order valence-corrected chi connectivity index (χ0v) is 15.4. The summed E-state index contributed by atoms with van der Waals surface area (Å²) in [6, 6.07) is 4.32. The van der Waals surface area contributed by atoms with Gasteiger partial charge in [-0.3, -0.25) is 4.79 Å². The number of carbonyl (C=O) groups excluding carboxylic acids is 1. The van der Waals surface area contributed by atoms with Crippen molar-refractivity contribution in [1.82, 2.24) is 19.8 Å². The van der Waals surface area contributed by atoms with E-state index < -0.39 is 0 Å². The summed E-state index contributed by atoms with van der Waals surface area (Å²) in [6.07, 6.45) is 5.57. The number of hydrogen-bond donors (Lipinski definition) is 0. The molecule has 0 aliphatic carbocycles. The largest absolute Gasteiger partial charge is 0.422 e. The fourth-order valence-electron chi connectivity index (χ4n) is 3.93. The van der Waals surface area contributed by atoms with E-state index in [9.17, 15) is 4.79 Å². The van der Waals surface area contributed by atoms with Crippen molar-refractivity contribution < 1.29 is 9.21 Å². The Morgan fingerprint density at radius 2 is 1.92 bits per heavy atom. The smallest absolute Gasteiger partial charge is 0.300 e. The number of hydrogen-bond acceptors (Lipinski definition) is 6.